The molecule has 3 aromatic rings. The zero-order valence-electron chi connectivity index (χ0n) is 20.1. The Morgan fingerprint density at radius 1 is 0.882 bits per heavy atom. The third-order valence-corrected chi connectivity index (χ3v) is 6.26. The summed E-state index contributed by atoms with van der Waals surface area (Å²) in [5, 5.41) is 4.62. The van der Waals surface area contributed by atoms with Crippen molar-refractivity contribution in [3.63, 3.8) is 0 Å². The monoisotopic (exact) mass is 462 g/mol. The minimum atomic E-state index is -0.116. The van der Waals surface area contributed by atoms with Gasteiger partial charge in [0.2, 0.25) is 0 Å². The number of hydrogen-bond donors (Lipinski definition) is 0. The first-order chi connectivity index (χ1) is 16.4. The average Bonchev–Trinajstić information content (AvgIpc) is 3.15. The fourth-order valence-corrected chi connectivity index (χ4v) is 4.33. The van der Waals surface area contributed by atoms with Gasteiger partial charge in [0.15, 0.2) is 0 Å². The van der Waals surface area contributed by atoms with Gasteiger partial charge in [-0.25, -0.2) is 0 Å². The van der Waals surface area contributed by atoms with Crippen LogP contribution >= 0.6 is 0 Å². The maximum atomic E-state index is 13.4. The van der Waals surface area contributed by atoms with Crippen molar-refractivity contribution in [1.29, 1.82) is 0 Å². The number of benzene rings is 2. The van der Waals surface area contributed by atoms with Crippen LogP contribution in [0.4, 0.5) is 0 Å². The lowest BCUT2D eigenvalue weighted by Crippen LogP contribution is -2.50. The summed E-state index contributed by atoms with van der Waals surface area (Å²) < 4.78 is 12.5. The van der Waals surface area contributed by atoms with E-state index in [2.05, 4.69) is 5.10 Å². The van der Waals surface area contributed by atoms with Crippen molar-refractivity contribution in [1.82, 2.24) is 19.6 Å². The Balaban J connectivity index is 1.44. The topological polar surface area (TPSA) is 76.9 Å². The van der Waals surface area contributed by atoms with Crippen LogP contribution in [-0.2, 0) is 6.54 Å². The van der Waals surface area contributed by atoms with Crippen LogP contribution in [0.2, 0.25) is 0 Å². The Morgan fingerprint density at radius 2 is 1.53 bits per heavy atom. The van der Waals surface area contributed by atoms with Crippen molar-refractivity contribution in [3.05, 3.63) is 76.6 Å². The third kappa shape index (κ3) is 4.62. The Kier molecular flexibility index (Phi) is 6.86. The van der Waals surface area contributed by atoms with Crippen molar-refractivity contribution in [2.45, 2.75) is 20.4 Å². The number of amides is 2. The first-order valence-corrected chi connectivity index (χ1v) is 11.3. The molecule has 2 aromatic carbocycles. The van der Waals surface area contributed by atoms with Crippen molar-refractivity contribution in [2.24, 2.45) is 0 Å². The molecule has 0 atom stereocenters. The predicted octanol–water partition coefficient (Wildman–Crippen LogP) is 3.16. The summed E-state index contributed by atoms with van der Waals surface area (Å²) in [5.74, 6) is 0.945. The van der Waals surface area contributed by atoms with Gasteiger partial charge in [-0.15, -0.1) is 0 Å². The number of carbonyl (C=O) groups is 2. The van der Waals surface area contributed by atoms with Crippen molar-refractivity contribution >= 4 is 11.8 Å². The molecular formula is C26H30N4O4. The molecule has 2 amide bonds. The lowest BCUT2D eigenvalue weighted by molar-refractivity contribution is 0.0532. The predicted molar refractivity (Wildman–Crippen MR) is 129 cm³/mol. The molecule has 0 spiro atoms. The van der Waals surface area contributed by atoms with E-state index in [1.54, 1.807) is 35.1 Å². The molecule has 1 saturated heterocycles. The van der Waals surface area contributed by atoms with Gasteiger partial charge in [-0.1, -0.05) is 30.3 Å². The van der Waals surface area contributed by atoms with Gasteiger partial charge in [0.25, 0.3) is 11.8 Å². The van der Waals surface area contributed by atoms with Crippen LogP contribution in [0.15, 0.2) is 48.5 Å². The molecule has 4 rings (SSSR count). The van der Waals surface area contributed by atoms with Gasteiger partial charge < -0.3 is 19.3 Å². The Labute approximate surface area is 199 Å². The zero-order chi connectivity index (χ0) is 24.2. The van der Waals surface area contributed by atoms with Crippen molar-refractivity contribution < 1.29 is 19.1 Å². The number of aromatic nitrogens is 2. The van der Waals surface area contributed by atoms with Gasteiger partial charge in [-0.2, -0.15) is 5.10 Å². The molecule has 1 aliphatic rings. The Bertz CT molecular complexity index is 1180. The molecule has 0 aliphatic carbocycles. The van der Waals surface area contributed by atoms with Crippen molar-refractivity contribution in [2.75, 3.05) is 40.4 Å². The average molecular weight is 463 g/mol. The molecule has 0 radical (unpaired) electrons. The first kappa shape index (κ1) is 23.4. The highest BCUT2D eigenvalue weighted by molar-refractivity contribution is 5.98. The van der Waals surface area contributed by atoms with Crippen LogP contribution in [0.3, 0.4) is 0 Å². The number of ether oxygens (including phenoxy) is 2. The second kappa shape index (κ2) is 9.99. The third-order valence-electron chi connectivity index (χ3n) is 6.26. The Morgan fingerprint density at radius 3 is 2.15 bits per heavy atom. The summed E-state index contributed by atoms with van der Waals surface area (Å²) in [5.41, 5.74) is 3.84. The number of aryl methyl sites for hydroxylation is 1. The standard InChI is InChI=1S/C26H30N4O4/c1-18-24(19(2)30(27-18)17-20-8-6-5-7-9-20)26(32)29-14-12-28(13-15-29)25(31)22-11-10-21(33-3)16-23(22)34-4/h5-11,16H,12-15,17H2,1-4H3. The van der Waals surface area contributed by atoms with Crippen LogP contribution in [0, 0.1) is 13.8 Å². The van der Waals surface area contributed by atoms with E-state index in [0.717, 1.165) is 17.0 Å². The fraction of sp³-hybridized carbons (Fsp3) is 0.346. The lowest BCUT2D eigenvalue weighted by Gasteiger charge is -2.35. The molecule has 34 heavy (non-hydrogen) atoms. The molecule has 2 heterocycles. The number of carbonyl (C=O) groups excluding carboxylic acids is 2. The van der Waals surface area contributed by atoms with E-state index >= 15 is 0 Å². The molecule has 0 N–H and O–H groups in total. The molecule has 8 heteroatoms. The van der Waals surface area contributed by atoms with E-state index in [0.29, 0.717) is 55.3 Å². The molecule has 178 valence electrons. The zero-order valence-corrected chi connectivity index (χ0v) is 20.1. The largest absolute Gasteiger partial charge is 0.497 e. The van der Waals surface area contributed by atoms with Crippen LogP contribution in [0.1, 0.15) is 37.7 Å². The minimum Gasteiger partial charge on any atom is -0.497 e. The molecule has 0 unspecified atom stereocenters. The maximum Gasteiger partial charge on any atom is 0.257 e. The summed E-state index contributed by atoms with van der Waals surface area (Å²) in [6, 6.07) is 15.2. The van der Waals surface area contributed by atoms with Crippen LogP contribution in [-0.4, -0.2) is 71.8 Å². The highest BCUT2D eigenvalue weighted by Crippen LogP contribution is 2.26. The second-order valence-electron chi connectivity index (χ2n) is 8.34. The molecule has 0 bridgehead atoms. The number of piperazine rings is 1. The normalized spacial score (nSPS) is 13.6. The van der Waals surface area contributed by atoms with Gasteiger partial charge in [-0.3, -0.25) is 14.3 Å². The highest BCUT2D eigenvalue weighted by atomic mass is 16.5. The number of rotatable bonds is 6. The molecular weight excluding hydrogens is 432 g/mol. The summed E-state index contributed by atoms with van der Waals surface area (Å²) in [7, 11) is 3.10. The SMILES string of the molecule is COc1ccc(C(=O)N2CCN(C(=O)c3c(C)nn(Cc4ccccc4)c3C)CC2)c(OC)c1. The van der Waals surface area contributed by atoms with Gasteiger partial charge >= 0.3 is 0 Å². The fourth-order valence-electron chi connectivity index (χ4n) is 4.33. The molecule has 8 nitrogen and oxygen atoms in total. The summed E-state index contributed by atoms with van der Waals surface area (Å²) in [6.45, 7) is 6.26. The van der Waals surface area contributed by atoms with Crippen LogP contribution in [0.5, 0.6) is 11.5 Å². The van der Waals surface area contributed by atoms with E-state index < -0.39 is 0 Å². The lowest BCUT2D eigenvalue weighted by atomic mass is 10.1. The van der Waals surface area contributed by atoms with Crippen LogP contribution < -0.4 is 9.47 Å². The molecule has 1 fully saturated rings. The van der Waals surface area contributed by atoms with Crippen LogP contribution in [0.25, 0.3) is 0 Å². The highest BCUT2D eigenvalue weighted by Gasteiger charge is 2.29. The molecule has 1 aliphatic heterocycles. The quantitative estimate of drug-likeness (QED) is 0.563. The number of nitrogens with zero attached hydrogens (tertiary/aromatic N) is 4. The Hall–Kier alpha value is -3.81. The van der Waals surface area contributed by atoms with E-state index in [1.807, 2.05) is 48.9 Å². The summed E-state index contributed by atoms with van der Waals surface area (Å²) >= 11 is 0. The molecule has 1 aromatic heterocycles. The number of hydrogen-bond acceptors (Lipinski definition) is 5. The van der Waals surface area contributed by atoms with Gasteiger partial charge in [-0.05, 0) is 31.5 Å². The minimum absolute atomic E-state index is 0.0385. The number of methoxy groups -OCH3 is 2. The van der Waals surface area contributed by atoms with E-state index in [-0.39, 0.29) is 11.8 Å². The summed E-state index contributed by atoms with van der Waals surface area (Å²) in [4.78, 5) is 30.0. The van der Waals surface area contributed by atoms with E-state index in [9.17, 15) is 9.59 Å². The van der Waals surface area contributed by atoms with Crippen molar-refractivity contribution in [3.8, 4) is 11.5 Å². The van der Waals surface area contributed by atoms with E-state index in [1.165, 1.54) is 7.11 Å². The van der Waals surface area contributed by atoms with Gasteiger partial charge in [0, 0.05) is 37.9 Å². The second-order valence-corrected chi connectivity index (χ2v) is 8.34. The van der Waals surface area contributed by atoms with Gasteiger partial charge in [0.1, 0.15) is 11.5 Å². The summed E-state index contributed by atoms with van der Waals surface area (Å²) in [6.07, 6.45) is 0. The van der Waals surface area contributed by atoms with Gasteiger partial charge in [0.05, 0.1) is 37.6 Å². The molecule has 0 saturated carbocycles. The first-order valence-electron chi connectivity index (χ1n) is 11.3. The van der Waals surface area contributed by atoms with E-state index in [4.69, 9.17) is 9.47 Å². The maximum absolute atomic E-state index is 13.4. The smallest absolute Gasteiger partial charge is 0.257 e.